The van der Waals surface area contributed by atoms with Crippen molar-refractivity contribution in [1.29, 1.82) is 0 Å². The highest BCUT2D eigenvalue weighted by molar-refractivity contribution is 7.90. The Morgan fingerprint density at radius 1 is 1.33 bits per heavy atom. The number of hydrogen-bond donors (Lipinski definition) is 2. The van der Waals surface area contributed by atoms with E-state index in [0.717, 1.165) is 6.26 Å². The van der Waals surface area contributed by atoms with Gasteiger partial charge in [-0.25, -0.2) is 8.42 Å². The Morgan fingerprint density at radius 2 is 1.95 bits per heavy atom. The summed E-state index contributed by atoms with van der Waals surface area (Å²) in [6.07, 6.45) is 2.55. The van der Waals surface area contributed by atoms with Gasteiger partial charge in [0.05, 0.1) is 16.8 Å². The first kappa shape index (κ1) is 15.0. The number of sulfone groups is 1. The molecule has 0 aliphatic carbocycles. The highest BCUT2D eigenvalue weighted by Gasteiger charge is 2.16. The van der Waals surface area contributed by atoms with Crippen molar-refractivity contribution < 1.29 is 13.2 Å². The maximum Gasteiger partial charge on any atom is 0.276 e. The van der Waals surface area contributed by atoms with E-state index in [1.165, 1.54) is 35.1 Å². The molecule has 2 rings (SSSR count). The van der Waals surface area contributed by atoms with Crippen LogP contribution in [0.25, 0.3) is 0 Å². The lowest BCUT2D eigenvalue weighted by Crippen LogP contribution is -2.18. The molecule has 0 radical (unpaired) electrons. The number of carbonyl (C=O) groups is 1. The molecule has 1 amide bonds. The summed E-state index contributed by atoms with van der Waals surface area (Å²) in [6, 6.07) is 5.92. The molecule has 0 aliphatic heterocycles. The summed E-state index contributed by atoms with van der Waals surface area (Å²) < 4.78 is 24.2. The van der Waals surface area contributed by atoms with Crippen LogP contribution in [0.1, 0.15) is 17.4 Å². The van der Waals surface area contributed by atoms with Crippen molar-refractivity contribution in [2.45, 2.75) is 18.4 Å². The number of nitrogens with one attached hydrogen (secondary N) is 1. The van der Waals surface area contributed by atoms with E-state index in [2.05, 4.69) is 10.4 Å². The molecule has 8 heteroatoms. The highest BCUT2D eigenvalue weighted by Crippen LogP contribution is 2.17. The van der Waals surface area contributed by atoms with Crippen molar-refractivity contribution in [3.05, 3.63) is 36.2 Å². The minimum absolute atomic E-state index is 0.193. The molecule has 1 aromatic carbocycles. The molecule has 2 aromatic rings. The fourth-order valence-electron chi connectivity index (χ4n) is 1.86. The number of anilines is 2. The van der Waals surface area contributed by atoms with Crippen molar-refractivity contribution >= 4 is 27.1 Å². The number of nitrogens with zero attached hydrogens (tertiary/aromatic N) is 2. The molecule has 0 bridgehead atoms. The van der Waals surface area contributed by atoms with Crippen LogP contribution in [-0.4, -0.2) is 30.4 Å². The summed E-state index contributed by atoms with van der Waals surface area (Å²) in [6.45, 7) is 2.37. The van der Waals surface area contributed by atoms with Crippen LogP contribution in [0, 0.1) is 0 Å². The van der Waals surface area contributed by atoms with Crippen LogP contribution in [0.2, 0.25) is 0 Å². The van der Waals surface area contributed by atoms with Crippen LogP contribution < -0.4 is 11.1 Å². The SMILES string of the molecule is CCn1ncc(N)c1C(=O)Nc1ccc(S(C)(=O)=O)cc1. The van der Waals surface area contributed by atoms with Crippen molar-refractivity contribution in [3.63, 3.8) is 0 Å². The lowest BCUT2D eigenvalue weighted by Gasteiger charge is -2.08. The summed E-state index contributed by atoms with van der Waals surface area (Å²) in [5.41, 5.74) is 6.79. The lowest BCUT2D eigenvalue weighted by atomic mass is 10.3. The summed E-state index contributed by atoms with van der Waals surface area (Å²) in [7, 11) is -3.26. The van der Waals surface area contributed by atoms with Crippen molar-refractivity contribution in [2.24, 2.45) is 0 Å². The maximum absolute atomic E-state index is 12.2. The Morgan fingerprint density at radius 3 is 2.48 bits per heavy atom. The summed E-state index contributed by atoms with van der Waals surface area (Å²) in [4.78, 5) is 12.4. The highest BCUT2D eigenvalue weighted by atomic mass is 32.2. The molecular formula is C13H16N4O3S. The van der Waals surface area contributed by atoms with E-state index in [9.17, 15) is 13.2 Å². The normalized spacial score (nSPS) is 11.3. The number of nitrogen functional groups attached to an aromatic ring is 1. The van der Waals surface area contributed by atoms with Crippen LogP contribution in [0.5, 0.6) is 0 Å². The number of nitrogens with two attached hydrogens (primary N) is 1. The summed E-state index contributed by atoms with van der Waals surface area (Å²) in [5, 5.41) is 6.66. The predicted octanol–water partition coefficient (Wildman–Crippen LogP) is 1.14. The number of hydrogen-bond acceptors (Lipinski definition) is 5. The molecule has 0 spiro atoms. The molecule has 7 nitrogen and oxygen atoms in total. The fraction of sp³-hybridized carbons (Fsp3) is 0.231. The predicted molar refractivity (Wildman–Crippen MR) is 79.8 cm³/mol. The van der Waals surface area contributed by atoms with Crippen molar-refractivity contribution in [3.8, 4) is 0 Å². The van der Waals surface area contributed by atoms with Gasteiger partial charge in [-0.1, -0.05) is 0 Å². The van der Waals surface area contributed by atoms with Gasteiger partial charge in [0, 0.05) is 18.5 Å². The van der Waals surface area contributed by atoms with Crippen LogP contribution in [0.4, 0.5) is 11.4 Å². The van der Waals surface area contributed by atoms with E-state index < -0.39 is 9.84 Å². The van der Waals surface area contributed by atoms with E-state index in [0.29, 0.717) is 17.9 Å². The van der Waals surface area contributed by atoms with E-state index in [1.807, 2.05) is 6.92 Å². The molecule has 1 aromatic heterocycles. The molecule has 0 fully saturated rings. The van der Waals surface area contributed by atoms with E-state index in [-0.39, 0.29) is 16.5 Å². The van der Waals surface area contributed by atoms with Crippen LogP contribution >= 0.6 is 0 Å². The minimum atomic E-state index is -3.26. The first-order valence-electron chi connectivity index (χ1n) is 6.25. The second kappa shape index (κ2) is 5.57. The molecule has 1 heterocycles. The van der Waals surface area contributed by atoms with Gasteiger partial charge >= 0.3 is 0 Å². The molecule has 3 N–H and O–H groups in total. The van der Waals surface area contributed by atoms with Crippen molar-refractivity contribution in [2.75, 3.05) is 17.3 Å². The van der Waals surface area contributed by atoms with Gasteiger partial charge < -0.3 is 11.1 Å². The standard InChI is InChI=1S/C13H16N4O3S/c1-3-17-12(11(14)8-15-17)13(18)16-9-4-6-10(7-5-9)21(2,19)20/h4-8H,3,14H2,1-2H3,(H,16,18). The monoisotopic (exact) mass is 308 g/mol. The van der Waals surface area contributed by atoms with E-state index in [1.54, 1.807) is 0 Å². The summed E-state index contributed by atoms with van der Waals surface area (Å²) in [5.74, 6) is -0.390. The first-order valence-corrected chi connectivity index (χ1v) is 8.15. The zero-order valence-electron chi connectivity index (χ0n) is 11.7. The topological polar surface area (TPSA) is 107 Å². The number of carbonyl (C=O) groups excluding carboxylic acids is 1. The molecule has 0 unspecified atom stereocenters. The van der Waals surface area contributed by atoms with Gasteiger partial charge in [-0.2, -0.15) is 5.10 Å². The van der Waals surface area contributed by atoms with Gasteiger partial charge in [-0.05, 0) is 31.2 Å². The fourth-order valence-corrected chi connectivity index (χ4v) is 2.49. The average Bonchev–Trinajstić information content (AvgIpc) is 2.79. The number of amides is 1. The summed E-state index contributed by atoms with van der Waals surface area (Å²) >= 11 is 0. The van der Waals surface area contributed by atoms with Gasteiger partial charge in [0.2, 0.25) is 0 Å². The molecular weight excluding hydrogens is 292 g/mol. The van der Waals surface area contributed by atoms with E-state index in [4.69, 9.17) is 5.73 Å². The quantitative estimate of drug-likeness (QED) is 0.880. The van der Waals surface area contributed by atoms with Crippen LogP contribution in [-0.2, 0) is 16.4 Å². The number of aryl methyl sites for hydroxylation is 1. The molecule has 0 saturated carbocycles. The molecule has 0 saturated heterocycles. The second-order valence-corrected chi connectivity index (χ2v) is 6.53. The van der Waals surface area contributed by atoms with Crippen molar-refractivity contribution in [1.82, 2.24) is 9.78 Å². The Bertz CT molecular complexity index is 763. The second-order valence-electron chi connectivity index (χ2n) is 4.51. The first-order chi connectivity index (χ1) is 9.82. The number of benzene rings is 1. The lowest BCUT2D eigenvalue weighted by molar-refractivity contribution is 0.101. The largest absolute Gasteiger partial charge is 0.396 e. The third kappa shape index (κ3) is 3.22. The van der Waals surface area contributed by atoms with Gasteiger partial charge in [-0.15, -0.1) is 0 Å². The minimum Gasteiger partial charge on any atom is -0.396 e. The maximum atomic E-state index is 12.2. The Balaban J connectivity index is 2.22. The van der Waals surface area contributed by atoms with Gasteiger partial charge in [0.25, 0.3) is 5.91 Å². The van der Waals surface area contributed by atoms with Crippen LogP contribution in [0.15, 0.2) is 35.4 Å². The Labute approximate surface area is 122 Å². The molecule has 0 atom stereocenters. The number of rotatable bonds is 4. The van der Waals surface area contributed by atoms with Crippen LogP contribution in [0.3, 0.4) is 0 Å². The number of aromatic nitrogens is 2. The third-order valence-corrected chi connectivity index (χ3v) is 4.05. The zero-order chi connectivity index (χ0) is 15.6. The average molecular weight is 308 g/mol. The molecule has 21 heavy (non-hydrogen) atoms. The van der Waals surface area contributed by atoms with Gasteiger partial charge in [-0.3, -0.25) is 9.48 Å². The molecule has 0 aliphatic rings. The van der Waals surface area contributed by atoms with E-state index >= 15 is 0 Å². The smallest absolute Gasteiger partial charge is 0.276 e. The Hall–Kier alpha value is -2.35. The van der Waals surface area contributed by atoms with Gasteiger partial charge in [0.1, 0.15) is 5.69 Å². The van der Waals surface area contributed by atoms with Gasteiger partial charge in [0.15, 0.2) is 9.84 Å². The molecule has 112 valence electrons. The zero-order valence-corrected chi connectivity index (χ0v) is 12.5. The Kier molecular flexibility index (Phi) is 3.99. The third-order valence-electron chi connectivity index (χ3n) is 2.92.